The Balaban J connectivity index is 1.88. The van der Waals surface area contributed by atoms with Gasteiger partial charge < -0.3 is 20.9 Å². The first-order valence-electron chi connectivity index (χ1n) is 14.9. The highest BCUT2D eigenvalue weighted by Crippen LogP contribution is 2.53. The van der Waals surface area contributed by atoms with Gasteiger partial charge in [-0.2, -0.15) is 0 Å². The minimum absolute atomic E-state index is 0.0113. The molecule has 1 fully saturated rings. The fourth-order valence-electron chi connectivity index (χ4n) is 6.27. The van der Waals surface area contributed by atoms with Gasteiger partial charge in [0.05, 0.1) is 26.8 Å². The van der Waals surface area contributed by atoms with Gasteiger partial charge in [-0.25, -0.2) is 29.0 Å². The number of hydrogen-bond acceptors (Lipinski definition) is 10. The summed E-state index contributed by atoms with van der Waals surface area (Å²) in [6, 6.07) is 9.38. The lowest BCUT2D eigenvalue weighted by atomic mass is 9.85. The van der Waals surface area contributed by atoms with Crippen molar-refractivity contribution in [3.8, 4) is 33.8 Å². The van der Waals surface area contributed by atoms with Gasteiger partial charge >= 0.3 is 24.2 Å². The molecule has 1 aliphatic heterocycles. The van der Waals surface area contributed by atoms with Crippen LogP contribution >= 0.6 is 0 Å². The molecule has 0 radical (unpaired) electrons. The van der Waals surface area contributed by atoms with Gasteiger partial charge in [-0.05, 0) is 98.2 Å². The quantitative estimate of drug-likeness (QED) is 0.140. The molecular formula is C34H30N6O10. The number of anilines is 2. The second-order valence-corrected chi connectivity index (χ2v) is 11.7. The third kappa shape index (κ3) is 5.89. The first-order valence-corrected chi connectivity index (χ1v) is 14.9. The van der Waals surface area contributed by atoms with Crippen LogP contribution in [0.1, 0.15) is 33.4 Å². The molecule has 4 N–H and O–H groups in total. The summed E-state index contributed by atoms with van der Waals surface area (Å²) in [5, 5.41) is 23.4. The zero-order chi connectivity index (χ0) is 36.9. The number of amides is 6. The first kappa shape index (κ1) is 34.5. The predicted octanol–water partition coefficient (Wildman–Crippen LogP) is 7.17. The van der Waals surface area contributed by atoms with Gasteiger partial charge in [0.25, 0.3) is 11.4 Å². The molecule has 16 heteroatoms. The number of carbonyl (C=O) groups excluding carboxylic acids is 4. The molecule has 0 bridgehead atoms. The Kier molecular flexibility index (Phi) is 8.72. The lowest BCUT2D eigenvalue weighted by Crippen LogP contribution is -2.65. The van der Waals surface area contributed by atoms with Crippen LogP contribution < -0.4 is 30.7 Å². The molecule has 0 unspecified atom stereocenters. The number of non-ortho nitro benzene ring substituents is 2. The van der Waals surface area contributed by atoms with Gasteiger partial charge in [0.15, 0.2) is 0 Å². The van der Waals surface area contributed by atoms with Crippen LogP contribution in [-0.2, 0) is 0 Å². The highest BCUT2D eigenvalue weighted by molar-refractivity contribution is 6.43. The third-order valence-corrected chi connectivity index (χ3v) is 8.25. The summed E-state index contributed by atoms with van der Waals surface area (Å²) in [7, 11) is 0. The fraction of sp³-hybridized carbons (Fsp3) is 0.176. The van der Waals surface area contributed by atoms with Gasteiger partial charge in [-0.15, -0.1) is 0 Å². The van der Waals surface area contributed by atoms with Gasteiger partial charge in [-0.3, -0.25) is 20.2 Å². The minimum atomic E-state index is -1.21. The summed E-state index contributed by atoms with van der Waals surface area (Å²) in [5.74, 6) is -0.114. The SMILES string of the molecule is Cc1ccc(N2C(=O)N(c3c(-c4c(C)cc([N+](=O)[O-])cc4C)cc(C)c(OC(N)=O)c3-c3c(C)cc([N+](=O)[O-])cc3C)C2=O)cc1OC(N)=O. The molecule has 16 nitrogen and oxygen atoms in total. The molecule has 1 aliphatic rings. The number of ether oxygens (including phenoxy) is 2. The first-order chi connectivity index (χ1) is 23.4. The number of nitro groups is 2. The van der Waals surface area contributed by atoms with E-state index in [1.807, 2.05) is 0 Å². The smallest absolute Gasteiger partial charge is 0.409 e. The maximum atomic E-state index is 14.2. The van der Waals surface area contributed by atoms with Crippen LogP contribution in [0.5, 0.6) is 11.5 Å². The summed E-state index contributed by atoms with van der Waals surface area (Å²) in [5.41, 5.74) is 13.6. The molecule has 0 spiro atoms. The van der Waals surface area contributed by atoms with Gasteiger partial charge in [0, 0.05) is 35.9 Å². The maximum absolute atomic E-state index is 14.2. The third-order valence-electron chi connectivity index (χ3n) is 8.25. The molecular weight excluding hydrogens is 652 g/mol. The lowest BCUT2D eigenvalue weighted by molar-refractivity contribution is -0.385. The van der Waals surface area contributed by atoms with Crippen molar-refractivity contribution in [3.05, 3.63) is 102 Å². The van der Waals surface area contributed by atoms with Crippen LogP contribution in [0, 0.1) is 61.8 Å². The van der Waals surface area contributed by atoms with E-state index in [4.69, 9.17) is 20.9 Å². The Hall–Kier alpha value is -6.84. The normalized spacial score (nSPS) is 12.4. The Bertz CT molecular complexity index is 2150. The summed E-state index contributed by atoms with van der Waals surface area (Å²) in [6.45, 7) is 9.64. The number of nitrogens with zero attached hydrogens (tertiary/aromatic N) is 4. The Morgan fingerprint density at radius 1 is 0.620 bits per heavy atom. The molecule has 256 valence electrons. The average molecular weight is 683 g/mol. The summed E-state index contributed by atoms with van der Waals surface area (Å²) < 4.78 is 10.6. The van der Waals surface area contributed by atoms with Crippen molar-refractivity contribution in [1.82, 2.24) is 0 Å². The molecule has 6 amide bonds. The molecule has 4 aromatic carbocycles. The number of nitro benzene ring substituents is 2. The zero-order valence-electron chi connectivity index (χ0n) is 27.6. The van der Waals surface area contributed by atoms with Crippen LogP contribution in [0.4, 0.5) is 41.9 Å². The molecule has 1 heterocycles. The molecule has 0 aliphatic carbocycles. The highest BCUT2D eigenvalue weighted by atomic mass is 16.6. The Morgan fingerprint density at radius 3 is 1.56 bits per heavy atom. The van der Waals surface area contributed by atoms with Crippen molar-refractivity contribution < 1.29 is 38.5 Å². The standard InChI is InChI=1S/C34H30N6O10/c1-15-7-8-21(14-25(15)49-31(35)41)37-33(43)38(34(37)44)29-24(26-16(2)9-22(39(45)46)10-17(26)3)13-20(6)30(50-32(36)42)28(29)27-18(4)11-23(40(47)48)12-19(27)5/h7-14H,1-6H3,(H2,35,41)(H2,36,42). The Labute approximate surface area is 284 Å². The van der Waals surface area contributed by atoms with Crippen molar-refractivity contribution in [2.24, 2.45) is 11.5 Å². The number of primary amides is 2. The van der Waals surface area contributed by atoms with E-state index in [1.165, 1.54) is 42.5 Å². The molecule has 4 aromatic rings. The molecule has 1 saturated heterocycles. The number of urea groups is 2. The average Bonchev–Trinajstić information content (AvgIpc) is 3.00. The minimum Gasteiger partial charge on any atom is -0.410 e. The second-order valence-electron chi connectivity index (χ2n) is 11.7. The van der Waals surface area contributed by atoms with Crippen LogP contribution in [-0.4, -0.2) is 34.1 Å². The monoisotopic (exact) mass is 682 g/mol. The van der Waals surface area contributed by atoms with Crippen molar-refractivity contribution in [2.45, 2.75) is 41.5 Å². The van der Waals surface area contributed by atoms with Gasteiger partial charge in [-0.1, -0.05) is 6.07 Å². The van der Waals surface area contributed by atoms with Crippen LogP contribution in [0.15, 0.2) is 48.5 Å². The number of imide groups is 2. The van der Waals surface area contributed by atoms with Crippen LogP contribution in [0.3, 0.4) is 0 Å². The summed E-state index contributed by atoms with van der Waals surface area (Å²) >= 11 is 0. The summed E-state index contributed by atoms with van der Waals surface area (Å²) in [6.07, 6.45) is -2.32. The van der Waals surface area contributed by atoms with E-state index in [1.54, 1.807) is 47.6 Å². The number of rotatable bonds is 8. The van der Waals surface area contributed by atoms with E-state index in [2.05, 4.69) is 0 Å². The van der Waals surface area contributed by atoms with E-state index in [0.717, 1.165) is 9.80 Å². The van der Waals surface area contributed by atoms with Crippen molar-refractivity contribution in [1.29, 1.82) is 0 Å². The zero-order valence-corrected chi connectivity index (χ0v) is 27.6. The van der Waals surface area contributed by atoms with E-state index in [9.17, 15) is 39.4 Å². The number of carbonyl (C=O) groups is 4. The molecule has 5 rings (SSSR count). The number of hydrogen-bond donors (Lipinski definition) is 2. The predicted molar refractivity (Wildman–Crippen MR) is 182 cm³/mol. The topological polar surface area (TPSA) is 232 Å². The number of nitrogens with two attached hydrogens (primary N) is 2. The molecule has 50 heavy (non-hydrogen) atoms. The van der Waals surface area contributed by atoms with Crippen molar-refractivity contribution in [2.75, 3.05) is 9.80 Å². The largest absolute Gasteiger partial charge is 0.410 e. The molecule has 0 aromatic heterocycles. The van der Waals surface area contributed by atoms with Crippen molar-refractivity contribution in [3.63, 3.8) is 0 Å². The van der Waals surface area contributed by atoms with Gasteiger partial charge in [0.2, 0.25) is 0 Å². The van der Waals surface area contributed by atoms with Crippen LogP contribution in [0.2, 0.25) is 0 Å². The highest BCUT2D eigenvalue weighted by Gasteiger charge is 2.49. The lowest BCUT2D eigenvalue weighted by Gasteiger charge is -2.41. The maximum Gasteiger partial charge on any atom is 0.409 e. The van der Waals surface area contributed by atoms with E-state index < -0.39 is 34.1 Å². The fourth-order valence-corrected chi connectivity index (χ4v) is 6.27. The number of aryl methyl sites for hydroxylation is 6. The van der Waals surface area contributed by atoms with Crippen molar-refractivity contribution >= 4 is 47.0 Å². The number of benzene rings is 4. The summed E-state index contributed by atoms with van der Waals surface area (Å²) in [4.78, 5) is 76.1. The molecule has 0 saturated carbocycles. The van der Waals surface area contributed by atoms with E-state index >= 15 is 0 Å². The molecule has 0 atom stereocenters. The van der Waals surface area contributed by atoms with Gasteiger partial charge in [0.1, 0.15) is 11.5 Å². The Morgan fingerprint density at radius 2 is 1.10 bits per heavy atom. The van der Waals surface area contributed by atoms with E-state index in [0.29, 0.717) is 44.5 Å². The van der Waals surface area contributed by atoms with Crippen LogP contribution in [0.25, 0.3) is 22.3 Å². The van der Waals surface area contributed by atoms with E-state index in [-0.39, 0.29) is 45.4 Å². The second kappa shape index (κ2) is 12.6.